The number of nitrogens with one attached hydrogen (secondary N) is 1. The van der Waals surface area contributed by atoms with Gasteiger partial charge in [0.1, 0.15) is 6.04 Å². The fourth-order valence-electron chi connectivity index (χ4n) is 2.00. The van der Waals surface area contributed by atoms with Gasteiger partial charge in [-0.05, 0) is 29.8 Å². The third-order valence-electron chi connectivity index (χ3n) is 3.10. The Kier molecular flexibility index (Phi) is 5.57. The highest BCUT2D eigenvalue weighted by molar-refractivity contribution is 9.10. The summed E-state index contributed by atoms with van der Waals surface area (Å²) in [5.41, 5.74) is 6.59. The van der Waals surface area contributed by atoms with Gasteiger partial charge in [-0.1, -0.05) is 51.8 Å². The third kappa shape index (κ3) is 4.32. The number of carbonyl (C=O) groups excluding carboxylic acids is 2. The molecule has 1 atom stereocenters. The first-order chi connectivity index (χ1) is 10.5. The van der Waals surface area contributed by atoms with Gasteiger partial charge in [-0.3, -0.25) is 9.59 Å². The molecule has 0 saturated carbocycles. The molecule has 0 heterocycles. The average Bonchev–Trinajstić information content (AvgIpc) is 2.46. The molecule has 114 valence electrons. The van der Waals surface area contributed by atoms with Crippen molar-refractivity contribution in [1.29, 1.82) is 0 Å². The number of amides is 2. The number of hydrogen-bond donors (Lipinski definition) is 2. The predicted octanol–water partition coefficient (Wildman–Crippen LogP) is 2.93. The van der Waals surface area contributed by atoms with Crippen molar-refractivity contribution >= 4 is 39.3 Å². The molecule has 0 aliphatic rings. The highest BCUT2D eigenvalue weighted by atomic mass is 79.9. The standard InChI is InChI=1S/C16H14BrClN2O2/c17-11-5-3-4-10(8-11)9-14(15(19)21)20-16(22)12-6-1-2-7-13(12)18/h1-8,14H,9H2,(H2,19,21)(H,20,22)/t14-/m0/s1. The van der Waals surface area contributed by atoms with Gasteiger partial charge < -0.3 is 11.1 Å². The Morgan fingerprint density at radius 2 is 1.91 bits per heavy atom. The highest BCUT2D eigenvalue weighted by Gasteiger charge is 2.20. The minimum Gasteiger partial charge on any atom is -0.368 e. The van der Waals surface area contributed by atoms with Gasteiger partial charge in [0, 0.05) is 10.9 Å². The number of carbonyl (C=O) groups is 2. The number of hydrogen-bond acceptors (Lipinski definition) is 2. The zero-order valence-electron chi connectivity index (χ0n) is 11.6. The van der Waals surface area contributed by atoms with E-state index in [0.717, 1.165) is 10.0 Å². The molecule has 2 rings (SSSR count). The molecule has 4 nitrogen and oxygen atoms in total. The normalized spacial score (nSPS) is 11.7. The Labute approximate surface area is 141 Å². The molecule has 0 aromatic heterocycles. The molecule has 0 saturated heterocycles. The van der Waals surface area contributed by atoms with Gasteiger partial charge in [-0.15, -0.1) is 0 Å². The van der Waals surface area contributed by atoms with E-state index in [2.05, 4.69) is 21.2 Å². The van der Waals surface area contributed by atoms with Crippen molar-refractivity contribution in [2.24, 2.45) is 5.73 Å². The monoisotopic (exact) mass is 380 g/mol. The van der Waals surface area contributed by atoms with E-state index < -0.39 is 17.9 Å². The maximum absolute atomic E-state index is 12.2. The lowest BCUT2D eigenvalue weighted by Crippen LogP contribution is -2.45. The number of primary amides is 1. The minimum absolute atomic E-state index is 0.310. The first-order valence-electron chi connectivity index (χ1n) is 6.56. The van der Waals surface area contributed by atoms with E-state index in [1.54, 1.807) is 24.3 Å². The van der Waals surface area contributed by atoms with Crippen LogP contribution in [0.15, 0.2) is 53.0 Å². The Morgan fingerprint density at radius 1 is 1.18 bits per heavy atom. The van der Waals surface area contributed by atoms with Crippen LogP contribution in [0.25, 0.3) is 0 Å². The van der Waals surface area contributed by atoms with Crippen LogP contribution >= 0.6 is 27.5 Å². The summed E-state index contributed by atoms with van der Waals surface area (Å²) in [4.78, 5) is 23.8. The Balaban J connectivity index is 2.14. The molecular weight excluding hydrogens is 368 g/mol. The Morgan fingerprint density at radius 3 is 2.55 bits per heavy atom. The minimum atomic E-state index is -0.807. The van der Waals surface area contributed by atoms with E-state index in [0.29, 0.717) is 17.0 Å². The second kappa shape index (κ2) is 7.42. The van der Waals surface area contributed by atoms with Crippen LogP contribution in [0.1, 0.15) is 15.9 Å². The molecule has 6 heteroatoms. The van der Waals surface area contributed by atoms with Gasteiger partial charge in [-0.2, -0.15) is 0 Å². The average molecular weight is 382 g/mol. The summed E-state index contributed by atoms with van der Waals surface area (Å²) in [5.74, 6) is -1.02. The van der Waals surface area contributed by atoms with Crippen LogP contribution in [0.4, 0.5) is 0 Å². The highest BCUT2D eigenvalue weighted by Crippen LogP contribution is 2.16. The van der Waals surface area contributed by atoms with Crippen LogP contribution in [0.2, 0.25) is 5.02 Å². The van der Waals surface area contributed by atoms with Crippen LogP contribution in [0, 0.1) is 0 Å². The zero-order chi connectivity index (χ0) is 16.1. The number of benzene rings is 2. The van der Waals surface area contributed by atoms with E-state index in [4.69, 9.17) is 17.3 Å². The molecule has 0 aliphatic carbocycles. The van der Waals surface area contributed by atoms with Gasteiger partial charge in [0.2, 0.25) is 5.91 Å². The molecule has 2 aromatic carbocycles. The van der Waals surface area contributed by atoms with Crippen LogP contribution in [0.5, 0.6) is 0 Å². The van der Waals surface area contributed by atoms with Crippen molar-refractivity contribution in [1.82, 2.24) is 5.32 Å². The van der Waals surface area contributed by atoms with Crippen LogP contribution in [-0.4, -0.2) is 17.9 Å². The van der Waals surface area contributed by atoms with Crippen molar-refractivity contribution < 1.29 is 9.59 Å². The van der Waals surface area contributed by atoms with Crippen molar-refractivity contribution in [3.8, 4) is 0 Å². The zero-order valence-corrected chi connectivity index (χ0v) is 13.9. The summed E-state index contributed by atoms with van der Waals surface area (Å²) in [5, 5.41) is 2.95. The summed E-state index contributed by atoms with van der Waals surface area (Å²) >= 11 is 9.35. The van der Waals surface area contributed by atoms with E-state index in [9.17, 15) is 9.59 Å². The largest absolute Gasteiger partial charge is 0.368 e. The molecule has 0 bridgehead atoms. The number of rotatable bonds is 5. The molecule has 2 aromatic rings. The lowest BCUT2D eigenvalue weighted by Gasteiger charge is -2.16. The molecule has 0 unspecified atom stereocenters. The summed E-state index contributed by atoms with van der Waals surface area (Å²) in [6, 6.07) is 13.3. The van der Waals surface area contributed by atoms with Gasteiger partial charge in [0.05, 0.1) is 10.6 Å². The smallest absolute Gasteiger partial charge is 0.253 e. The van der Waals surface area contributed by atoms with Crippen LogP contribution in [0.3, 0.4) is 0 Å². The van der Waals surface area contributed by atoms with E-state index in [-0.39, 0.29) is 0 Å². The molecular formula is C16H14BrClN2O2. The second-order valence-corrected chi connectivity index (χ2v) is 6.07. The molecule has 2 amide bonds. The molecule has 0 spiro atoms. The number of halogens is 2. The second-order valence-electron chi connectivity index (χ2n) is 4.74. The van der Waals surface area contributed by atoms with Crippen molar-refractivity contribution in [2.75, 3.05) is 0 Å². The Bertz CT molecular complexity index is 706. The lowest BCUT2D eigenvalue weighted by atomic mass is 10.0. The van der Waals surface area contributed by atoms with Gasteiger partial charge in [-0.25, -0.2) is 0 Å². The fourth-order valence-corrected chi connectivity index (χ4v) is 2.67. The van der Waals surface area contributed by atoms with Crippen LogP contribution < -0.4 is 11.1 Å². The lowest BCUT2D eigenvalue weighted by molar-refractivity contribution is -0.119. The SMILES string of the molecule is NC(=O)[C@H](Cc1cccc(Br)c1)NC(=O)c1ccccc1Cl. The summed E-state index contributed by atoms with van der Waals surface area (Å²) in [6.07, 6.45) is 0.310. The first-order valence-corrected chi connectivity index (χ1v) is 7.73. The summed E-state index contributed by atoms with van der Waals surface area (Å²) in [6.45, 7) is 0. The van der Waals surface area contributed by atoms with E-state index >= 15 is 0 Å². The fraction of sp³-hybridized carbons (Fsp3) is 0.125. The summed E-state index contributed by atoms with van der Waals surface area (Å²) < 4.78 is 0.894. The topological polar surface area (TPSA) is 72.2 Å². The number of nitrogens with two attached hydrogens (primary N) is 1. The quantitative estimate of drug-likeness (QED) is 0.836. The van der Waals surface area contributed by atoms with Crippen molar-refractivity contribution in [2.45, 2.75) is 12.5 Å². The molecule has 0 radical (unpaired) electrons. The van der Waals surface area contributed by atoms with Crippen molar-refractivity contribution in [3.63, 3.8) is 0 Å². The third-order valence-corrected chi connectivity index (χ3v) is 3.92. The van der Waals surface area contributed by atoms with E-state index in [1.807, 2.05) is 24.3 Å². The van der Waals surface area contributed by atoms with Gasteiger partial charge >= 0.3 is 0 Å². The summed E-state index contributed by atoms with van der Waals surface area (Å²) in [7, 11) is 0. The maximum atomic E-state index is 12.2. The van der Waals surface area contributed by atoms with Crippen molar-refractivity contribution in [3.05, 3.63) is 69.2 Å². The van der Waals surface area contributed by atoms with Crippen LogP contribution in [-0.2, 0) is 11.2 Å². The molecule has 22 heavy (non-hydrogen) atoms. The van der Waals surface area contributed by atoms with E-state index in [1.165, 1.54) is 0 Å². The van der Waals surface area contributed by atoms with Gasteiger partial charge in [0.15, 0.2) is 0 Å². The molecule has 0 fully saturated rings. The Hall–Kier alpha value is -1.85. The first kappa shape index (κ1) is 16.5. The predicted molar refractivity (Wildman–Crippen MR) is 89.7 cm³/mol. The van der Waals surface area contributed by atoms with Gasteiger partial charge in [0.25, 0.3) is 5.91 Å². The maximum Gasteiger partial charge on any atom is 0.253 e. The molecule has 3 N–H and O–H groups in total. The molecule has 0 aliphatic heterocycles.